The molecule has 0 saturated carbocycles. The first-order valence-electron chi connectivity index (χ1n) is 7.25. The molecule has 1 aromatic rings. The Morgan fingerprint density at radius 1 is 1.35 bits per heavy atom. The van der Waals surface area contributed by atoms with Gasteiger partial charge < -0.3 is 15.5 Å². The number of amides is 1. The van der Waals surface area contributed by atoms with E-state index >= 15 is 0 Å². The van der Waals surface area contributed by atoms with Crippen molar-refractivity contribution in [3.8, 4) is 0 Å². The van der Waals surface area contributed by atoms with E-state index in [2.05, 4.69) is 33.7 Å². The number of hydrogen-bond acceptors (Lipinski definition) is 6. The van der Waals surface area contributed by atoms with Crippen molar-refractivity contribution < 1.29 is 9.42 Å². The number of piperidine rings is 1. The highest BCUT2D eigenvalue weighted by molar-refractivity contribution is 5.96. The number of nitrogens with two attached hydrogens (primary N) is 1. The quantitative estimate of drug-likeness (QED) is 0.860. The Morgan fingerprint density at radius 2 is 2.00 bits per heavy atom. The minimum atomic E-state index is -0.176. The lowest BCUT2D eigenvalue weighted by Crippen LogP contribution is -2.41. The van der Waals surface area contributed by atoms with E-state index in [-0.39, 0.29) is 17.4 Å². The summed E-state index contributed by atoms with van der Waals surface area (Å²) in [7, 11) is 0. The maximum Gasteiger partial charge on any atom is 0.280 e. The minimum Gasteiger partial charge on any atom is -0.379 e. The molecule has 20 heavy (non-hydrogen) atoms. The first-order chi connectivity index (χ1) is 9.65. The van der Waals surface area contributed by atoms with E-state index in [4.69, 9.17) is 5.73 Å². The molecular formula is C13H23N5O2. The Hall–Kier alpha value is -1.63. The summed E-state index contributed by atoms with van der Waals surface area (Å²) >= 11 is 0. The molecule has 7 nitrogen and oxygen atoms in total. The Kier molecular flexibility index (Phi) is 4.94. The van der Waals surface area contributed by atoms with Crippen molar-refractivity contribution in [3.63, 3.8) is 0 Å². The van der Waals surface area contributed by atoms with Crippen LogP contribution in [0.2, 0.25) is 0 Å². The molecular weight excluding hydrogens is 258 g/mol. The summed E-state index contributed by atoms with van der Waals surface area (Å²) in [6, 6.07) is 0. The standard InChI is InChI=1S/C13H23N5O2/c1-3-17(4-2)9-10-5-7-18(8-6-10)13(19)11-12(14)16-20-15-11/h10H,3-9H2,1-2H3,(H2,14,16). The SMILES string of the molecule is CCN(CC)CC1CCN(C(=O)c2nonc2N)CC1. The predicted molar refractivity (Wildman–Crippen MR) is 75.1 cm³/mol. The number of likely N-dealkylation sites (tertiary alicyclic amines) is 1. The van der Waals surface area contributed by atoms with Crippen molar-refractivity contribution >= 4 is 11.7 Å². The summed E-state index contributed by atoms with van der Waals surface area (Å²) in [5, 5.41) is 7.02. The van der Waals surface area contributed by atoms with Crippen LogP contribution in [0.1, 0.15) is 37.2 Å². The first kappa shape index (κ1) is 14.8. The van der Waals surface area contributed by atoms with Crippen LogP contribution in [0.4, 0.5) is 5.82 Å². The monoisotopic (exact) mass is 281 g/mol. The molecule has 2 heterocycles. The summed E-state index contributed by atoms with van der Waals surface area (Å²) in [6.45, 7) is 9.13. The second-order valence-electron chi connectivity index (χ2n) is 5.22. The molecule has 1 saturated heterocycles. The zero-order chi connectivity index (χ0) is 14.5. The fourth-order valence-electron chi connectivity index (χ4n) is 2.66. The van der Waals surface area contributed by atoms with Gasteiger partial charge in [-0.3, -0.25) is 4.79 Å². The molecule has 1 aromatic heterocycles. The van der Waals surface area contributed by atoms with Gasteiger partial charge in [-0.1, -0.05) is 13.8 Å². The van der Waals surface area contributed by atoms with E-state index in [1.807, 2.05) is 0 Å². The van der Waals surface area contributed by atoms with E-state index < -0.39 is 0 Å². The highest BCUT2D eigenvalue weighted by Crippen LogP contribution is 2.20. The van der Waals surface area contributed by atoms with Gasteiger partial charge in [0.1, 0.15) is 0 Å². The molecule has 0 bridgehead atoms. The zero-order valence-electron chi connectivity index (χ0n) is 12.2. The number of anilines is 1. The second kappa shape index (κ2) is 6.69. The lowest BCUT2D eigenvalue weighted by Gasteiger charge is -2.34. The first-order valence-corrected chi connectivity index (χ1v) is 7.25. The normalized spacial score (nSPS) is 16.9. The van der Waals surface area contributed by atoms with Crippen molar-refractivity contribution in [2.45, 2.75) is 26.7 Å². The summed E-state index contributed by atoms with van der Waals surface area (Å²) in [4.78, 5) is 16.4. The van der Waals surface area contributed by atoms with E-state index in [1.54, 1.807) is 4.90 Å². The van der Waals surface area contributed by atoms with Crippen LogP contribution < -0.4 is 5.73 Å². The summed E-state index contributed by atoms with van der Waals surface area (Å²) < 4.78 is 4.48. The molecule has 0 atom stereocenters. The molecule has 1 fully saturated rings. The number of carbonyl (C=O) groups excluding carboxylic acids is 1. The van der Waals surface area contributed by atoms with Gasteiger partial charge in [0, 0.05) is 19.6 Å². The number of nitrogens with zero attached hydrogens (tertiary/aromatic N) is 4. The largest absolute Gasteiger partial charge is 0.379 e. The van der Waals surface area contributed by atoms with Crippen LogP contribution in [-0.4, -0.2) is 58.7 Å². The van der Waals surface area contributed by atoms with Crippen LogP contribution in [0.15, 0.2) is 4.63 Å². The number of rotatable bonds is 5. The maximum atomic E-state index is 12.2. The Morgan fingerprint density at radius 3 is 2.50 bits per heavy atom. The average molecular weight is 281 g/mol. The molecule has 112 valence electrons. The van der Waals surface area contributed by atoms with Crippen molar-refractivity contribution in [3.05, 3.63) is 5.69 Å². The number of aromatic nitrogens is 2. The lowest BCUT2D eigenvalue weighted by atomic mass is 9.96. The molecule has 0 unspecified atom stereocenters. The third kappa shape index (κ3) is 3.27. The summed E-state index contributed by atoms with van der Waals surface area (Å²) in [5.41, 5.74) is 5.69. The van der Waals surface area contributed by atoms with Crippen molar-refractivity contribution in [2.24, 2.45) is 5.92 Å². The van der Waals surface area contributed by atoms with Crippen molar-refractivity contribution in [1.29, 1.82) is 0 Å². The van der Waals surface area contributed by atoms with Gasteiger partial charge in [0.2, 0.25) is 11.5 Å². The van der Waals surface area contributed by atoms with Gasteiger partial charge in [-0.25, -0.2) is 4.63 Å². The Labute approximate surface area is 119 Å². The van der Waals surface area contributed by atoms with E-state index in [0.29, 0.717) is 5.92 Å². The van der Waals surface area contributed by atoms with Crippen LogP contribution >= 0.6 is 0 Å². The van der Waals surface area contributed by atoms with Crippen molar-refractivity contribution in [1.82, 2.24) is 20.1 Å². The van der Waals surface area contributed by atoms with Crippen LogP contribution in [0, 0.1) is 5.92 Å². The smallest absolute Gasteiger partial charge is 0.280 e. The molecule has 7 heteroatoms. The zero-order valence-corrected chi connectivity index (χ0v) is 12.2. The van der Waals surface area contributed by atoms with Gasteiger partial charge in [0.15, 0.2) is 0 Å². The van der Waals surface area contributed by atoms with Gasteiger partial charge in [-0.15, -0.1) is 0 Å². The van der Waals surface area contributed by atoms with Crippen molar-refractivity contribution in [2.75, 3.05) is 38.5 Å². The maximum absolute atomic E-state index is 12.2. The second-order valence-corrected chi connectivity index (χ2v) is 5.22. The molecule has 1 amide bonds. The highest BCUT2D eigenvalue weighted by atomic mass is 16.6. The van der Waals surface area contributed by atoms with E-state index in [9.17, 15) is 4.79 Å². The third-order valence-electron chi connectivity index (χ3n) is 4.03. The van der Waals surface area contributed by atoms with Crippen LogP contribution in [-0.2, 0) is 0 Å². The van der Waals surface area contributed by atoms with Crippen LogP contribution in [0.5, 0.6) is 0 Å². The summed E-state index contributed by atoms with van der Waals surface area (Å²) in [5.74, 6) is 0.553. The lowest BCUT2D eigenvalue weighted by molar-refractivity contribution is 0.0659. The third-order valence-corrected chi connectivity index (χ3v) is 4.03. The fraction of sp³-hybridized carbons (Fsp3) is 0.769. The van der Waals surface area contributed by atoms with Crippen LogP contribution in [0.3, 0.4) is 0 Å². The van der Waals surface area contributed by atoms with Gasteiger partial charge in [0.25, 0.3) is 5.91 Å². The minimum absolute atomic E-state index is 0.0697. The summed E-state index contributed by atoms with van der Waals surface area (Å²) in [6.07, 6.45) is 2.04. The van der Waals surface area contributed by atoms with E-state index in [1.165, 1.54) is 0 Å². The highest BCUT2D eigenvalue weighted by Gasteiger charge is 2.27. The molecule has 0 radical (unpaired) electrons. The Balaban J connectivity index is 1.85. The van der Waals surface area contributed by atoms with Gasteiger partial charge in [-0.05, 0) is 42.2 Å². The Bertz CT molecular complexity index is 436. The molecule has 1 aliphatic heterocycles. The number of carbonyl (C=O) groups is 1. The predicted octanol–water partition coefficient (Wildman–Crippen LogP) is 0.846. The average Bonchev–Trinajstić information content (AvgIpc) is 2.91. The van der Waals surface area contributed by atoms with E-state index in [0.717, 1.165) is 45.6 Å². The topological polar surface area (TPSA) is 88.5 Å². The fourth-order valence-corrected chi connectivity index (χ4v) is 2.66. The number of hydrogen-bond donors (Lipinski definition) is 1. The number of nitrogen functional groups attached to an aromatic ring is 1. The molecule has 0 aromatic carbocycles. The van der Waals surface area contributed by atoms with Crippen LogP contribution in [0.25, 0.3) is 0 Å². The molecule has 1 aliphatic rings. The van der Waals surface area contributed by atoms with Gasteiger partial charge in [0.05, 0.1) is 0 Å². The molecule has 0 spiro atoms. The molecule has 2 rings (SSSR count). The molecule has 0 aliphatic carbocycles. The van der Waals surface area contributed by atoms with Gasteiger partial charge >= 0.3 is 0 Å². The van der Waals surface area contributed by atoms with Gasteiger partial charge in [-0.2, -0.15) is 0 Å². The molecule has 2 N–H and O–H groups in total.